The van der Waals surface area contributed by atoms with Crippen molar-refractivity contribution in [3.8, 4) is 17.6 Å². The van der Waals surface area contributed by atoms with E-state index in [1.54, 1.807) is 42.5 Å². The first kappa shape index (κ1) is 20.4. The molecular formula is C22H13F3N2O4. The number of hydrogen-bond acceptors (Lipinski definition) is 5. The number of rotatable bonds is 2. The number of halogens is 3. The Hall–Kier alpha value is -3.90. The van der Waals surface area contributed by atoms with Gasteiger partial charge in [0, 0.05) is 23.3 Å². The average molecular weight is 426 g/mol. The highest BCUT2D eigenvalue weighted by Crippen LogP contribution is 2.46. The molecule has 3 aromatic carbocycles. The number of carbonyl (C=O) groups is 1. The van der Waals surface area contributed by atoms with E-state index in [0.717, 1.165) is 23.6 Å². The number of fused-ring (bicyclic) bond motifs is 2. The van der Waals surface area contributed by atoms with E-state index in [4.69, 9.17) is 4.74 Å². The Labute approximate surface area is 173 Å². The summed E-state index contributed by atoms with van der Waals surface area (Å²) in [7, 11) is 0. The predicted molar refractivity (Wildman–Crippen MR) is 105 cm³/mol. The summed E-state index contributed by atoms with van der Waals surface area (Å²) in [4.78, 5) is 21.6. The summed E-state index contributed by atoms with van der Waals surface area (Å²) in [6.07, 6.45) is -6.50. The highest BCUT2D eigenvalue weighted by atomic mass is 19.4. The molecule has 2 atom stereocenters. The topological polar surface area (TPSA) is 81.5 Å². The first-order valence-electron chi connectivity index (χ1n) is 9.01. The third kappa shape index (κ3) is 3.47. The highest BCUT2D eigenvalue weighted by Gasteiger charge is 2.60. The van der Waals surface area contributed by atoms with Crippen LogP contribution in [0.25, 0.3) is 10.8 Å². The number of nitrogens with one attached hydrogen (secondary N) is 1. The molecule has 6 nitrogen and oxygen atoms in total. The molecule has 0 bridgehead atoms. The number of alkyl halides is 3. The molecule has 9 heteroatoms. The van der Waals surface area contributed by atoms with Crippen LogP contribution in [0.1, 0.15) is 11.1 Å². The number of hydrogen-bond donors (Lipinski definition) is 1. The molecule has 1 aliphatic rings. The zero-order chi connectivity index (χ0) is 22.2. The van der Waals surface area contributed by atoms with Crippen molar-refractivity contribution in [1.82, 2.24) is 5.32 Å². The molecular weight excluding hydrogens is 413 g/mol. The van der Waals surface area contributed by atoms with Crippen molar-refractivity contribution in [2.75, 3.05) is 0 Å². The Kier molecular flexibility index (Phi) is 4.87. The SMILES string of the molecule is O=CC1N[C@](C#Cc2cccc3ccccc23)(C(F)(F)F)c2cc([N+](=O)[O-])ccc2O1. The summed E-state index contributed by atoms with van der Waals surface area (Å²) in [6, 6.07) is 14.9. The maximum atomic E-state index is 14.4. The van der Waals surface area contributed by atoms with Crippen LogP contribution >= 0.6 is 0 Å². The summed E-state index contributed by atoms with van der Waals surface area (Å²) >= 11 is 0. The molecule has 0 aliphatic carbocycles. The van der Waals surface area contributed by atoms with Gasteiger partial charge >= 0.3 is 6.18 Å². The number of benzene rings is 3. The number of aldehydes is 1. The third-order valence-corrected chi connectivity index (χ3v) is 4.91. The van der Waals surface area contributed by atoms with E-state index in [1.807, 2.05) is 0 Å². The number of nitro groups is 1. The summed E-state index contributed by atoms with van der Waals surface area (Å²) in [5.41, 5.74) is -3.87. The van der Waals surface area contributed by atoms with E-state index in [2.05, 4.69) is 17.2 Å². The van der Waals surface area contributed by atoms with Crippen molar-refractivity contribution >= 4 is 22.7 Å². The van der Waals surface area contributed by atoms with Crippen LogP contribution in [-0.2, 0) is 10.3 Å². The number of nitrogens with zero attached hydrogens (tertiary/aromatic N) is 1. The van der Waals surface area contributed by atoms with Gasteiger partial charge in [-0.1, -0.05) is 48.2 Å². The molecule has 4 rings (SSSR count). The van der Waals surface area contributed by atoms with Crippen LogP contribution in [0.15, 0.2) is 60.7 Å². The molecule has 31 heavy (non-hydrogen) atoms. The van der Waals surface area contributed by atoms with E-state index < -0.39 is 34.1 Å². The van der Waals surface area contributed by atoms with Crippen LogP contribution < -0.4 is 10.1 Å². The lowest BCUT2D eigenvalue weighted by molar-refractivity contribution is -0.385. The molecule has 0 radical (unpaired) electrons. The Bertz CT molecular complexity index is 1260. The zero-order valence-corrected chi connectivity index (χ0v) is 15.6. The van der Waals surface area contributed by atoms with Crippen molar-refractivity contribution in [2.45, 2.75) is 17.9 Å². The number of ether oxygens (including phenoxy) is 1. The van der Waals surface area contributed by atoms with Crippen molar-refractivity contribution in [1.29, 1.82) is 0 Å². The van der Waals surface area contributed by atoms with Crippen LogP contribution in [0, 0.1) is 22.0 Å². The van der Waals surface area contributed by atoms with Gasteiger partial charge in [0.2, 0.25) is 11.8 Å². The maximum Gasteiger partial charge on any atom is 0.422 e. The number of nitro benzene ring substituents is 1. The first-order valence-corrected chi connectivity index (χ1v) is 9.01. The fourth-order valence-corrected chi connectivity index (χ4v) is 3.45. The van der Waals surface area contributed by atoms with Crippen molar-refractivity contribution in [3.05, 3.63) is 81.9 Å². The molecule has 0 saturated heterocycles. The van der Waals surface area contributed by atoms with Crippen molar-refractivity contribution < 1.29 is 27.6 Å². The molecule has 0 amide bonds. The normalized spacial score (nSPS) is 20.2. The molecule has 0 saturated carbocycles. The minimum atomic E-state index is -5.03. The molecule has 1 unspecified atom stereocenters. The maximum absolute atomic E-state index is 14.4. The average Bonchev–Trinajstić information content (AvgIpc) is 2.75. The van der Waals surface area contributed by atoms with Crippen LogP contribution in [0.3, 0.4) is 0 Å². The standard InChI is InChI=1S/C22H13F3N2O4/c23-22(24,25)21(11-10-15-6-3-5-14-4-1-2-7-17(14)15)18-12-16(27(29)30)8-9-19(18)31-20(13-28)26-21/h1-9,12-13,20,26H/t20?,21-/m0/s1. The van der Waals surface area contributed by atoms with Crippen LogP contribution in [0.2, 0.25) is 0 Å². The molecule has 0 aromatic heterocycles. The van der Waals surface area contributed by atoms with E-state index in [-0.39, 0.29) is 12.0 Å². The lowest BCUT2D eigenvalue weighted by atomic mass is 9.86. The van der Waals surface area contributed by atoms with E-state index in [9.17, 15) is 28.1 Å². The van der Waals surface area contributed by atoms with Gasteiger partial charge in [0.05, 0.1) is 4.92 Å². The molecule has 0 spiro atoms. The lowest BCUT2D eigenvalue weighted by Crippen LogP contribution is -2.61. The van der Waals surface area contributed by atoms with Gasteiger partial charge in [-0.05, 0) is 22.9 Å². The summed E-state index contributed by atoms with van der Waals surface area (Å²) < 4.78 is 48.5. The monoisotopic (exact) mass is 426 g/mol. The lowest BCUT2D eigenvalue weighted by Gasteiger charge is -2.39. The Morgan fingerprint density at radius 3 is 2.58 bits per heavy atom. The minimum absolute atomic E-state index is 0.171. The van der Waals surface area contributed by atoms with Gasteiger partial charge in [-0.15, -0.1) is 0 Å². The van der Waals surface area contributed by atoms with Crippen LogP contribution in [0.4, 0.5) is 18.9 Å². The van der Waals surface area contributed by atoms with Crippen molar-refractivity contribution in [3.63, 3.8) is 0 Å². The molecule has 1 N–H and O–H groups in total. The summed E-state index contributed by atoms with van der Waals surface area (Å²) in [6.45, 7) is 0. The highest BCUT2D eigenvalue weighted by molar-refractivity contribution is 5.88. The minimum Gasteiger partial charge on any atom is -0.468 e. The van der Waals surface area contributed by atoms with Gasteiger partial charge in [0.15, 0.2) is 6.29 Å². The third-order valence-electron chi connectivity index (χ3n) is 4.91. The van der Waals surface area contributed by atoms with Crippen molar-refractivity contribution in [2.24, 2.45) is 0 Å². The van der Waals surface area contributed by atoms with Gasteiger partial charge in [0.25, 0.3) is 5.69 Å². The molecule has 1 heterocycles. The molecule has 1 aliphatic heterocycles. The van der Waals surface area contributed by atoms with E-state index in [0.29, 0.717) is 10.9 Å². The van der Waals surface area contributed by atoms with Crippen LogP contribution in [0.5, 0.6) is 5.75 Å². The predicted octanol–water partition coefficient (Wildman–Crippen LogP) is 4.06. The zero-order valence-electron chi connectivity index (χ0n) is 15.6. The Balaban J connectivity index is 1.98. The van der Waals surface area contributed by atoms with Gasteiger partial charge < -0.3 is 4.74 Å². The quantitative estimate of drug-likeness (QED) is 0.289. The van der Waals surface area contributed by atoms with Crippen LogP contribution in [-0.4, -0.2) is 23.6 Å². The Morgan fingerprint density at radius 2 is 1.87 bits per heavy atom. The number of non-ortho nitro benzene ring substituents is 1. The Morgan fingerprint density at radius 1 is 1.13 bits per heavy atom. The molecule has 3 aromatic rings. The van der Waals surface area contributed by atoms with Gasteiger partial charge in [-0.25, -0.2) is 5.32 Å². The summed E-state index contributed by atoms with van der Waals surface area (Å²) in [5.74, 6) is 4.47. The van der Waals surface area contributed by atoms with E-state index in [1.165, 1.54) is 0 Å². The second kappa shape index (κ2) is 7.41. The largest absolute Gasteiger partial charge is 0.468 e. The molecule has 156 valence electrons. The fourth-order valence-electron chi connectivity index (χ4n) is 3.45. The second-order valence-electron chi connectivity index (χ2n) is 6.78. The smallest absolute Gasteiger partial charge is 0.422 e. The van der Waals surface area contributed by atoms with Gasteiger partial charge in [0.1, 0.15) is 5.75 Å². The summed E-state index contributed by atoms with van der Waals surface area (Å²) in [5, 5.41) is 14.7. The fraction of sp³-hybridized carbons (Fsp3) is 0.136. The number of carbonyl (C=O) groups excluding carboxylic acids is 1. The second-order valence-corrected chi connectivity index (χ2v) is 6.78. The molecule has 0 fully saturated rings. The first-order chi connectivity index (χ1) is 14.7. The van der Waals surface area contributed by atoms with Gasteiger partial charge in [-0.2, -0.15) is 13.2 Å². The van der Waals surface area contributed by atoms with Gasteiger partial charge in [-0.3, -0.25) is 14.9 Å². The van der Waals surface area contributed by atoms with E-state index >= 15 is 0 Å².